The molecule has 2 saturated heterocycles. The minimum Gasteiger partial charge on any atom is -0.299 e. The van der Waals surface area contributed by atoms with Gasteiger partial charge in [0.1, 0.15) is 0 Å². The molecule has 2 aliphatic rings. The Hall–Kier alpha value is -1.42. The Labute approximate surface area is 125 Å². The average Bonchev–Trinajstić information content (AvgIpc) is 2.90. The summed E-state index contributed by atoms with van der Waals surface area (Å²) in [5.41, 5.74) is 0.364. The molecule has 0 bridgehead atoms. The second-order valence-electron chi connectivity index (χ2n) is 5.76. The summed E-state index contributed by atoms with van der Waals surface area (Å²) < 4.78 is 27.8. The molecule has 0 aromatic heterocycles. The fraction of sp³-hybridized carbons (Fsp3) is 0.533. The Bertz CT molecular complexity index is 666. The Morgan fingerprint density at radius 2 is 2.10 bits per heavy atom. The summed E-state index contributed by atoms with van der Waals surface area (Å²) in [7, 11) is -3.55. The van der Waals surface area contributed by atoms with Crippen molar-refractivity contribution in [1.29, 1.82) is 5.26 Å². The Morgan fingerprint density at radius 3 is 2.90 bits per heavy atom. The van der Waals surface area contributed by atoms with Crippen LogP contribution in [0.3, 0.4) is 0 Å². The maximum Gasteiger partial charge on any atom is 0.240 e. The molecule has 0 amide bonds. The van der Waals surface area contributed by atoms with Crippen LogP contribution in [0, 0.1) is 11.3 Å². The Morgan fingerprint density at radius 1 is 1.24 bits per heavy atom. The molecule has 2 heterocycles. The van der Waals surface area contributed by atoms with E-state index in [9.17, 15) is 8.42 Å². The van der Waals surface area contributed by atoms with Gasteiger partial charge in [0.2, 0.25) is 10.0 Å². The van der Waals surface area contributed by atoms with Crippen molar-refractivity contribution in [3.05, 3.63) is 29.8 Å². The van der Waals surface area contributed by atoms with E-state index >= 15 is 0 Å². The van der Waals surface area contributed by atoms with Crippen LogP contribution in [-0.4, -0.2) is 38.5 Å². The third-order valence-electron chi connectivity index (χ3n) is 4.44. The van der Waals surface area contributed by atoms with Crippen molar-refractivity contribution in [3.63, 3.8) is 0 Å². The molecule has 1 aromatic carbocycles. The van der Waals surface area contributed by atoms with Crippen LogP contribution in [0.15, 0.2) is 29.2 Å². The van der Waals surface area contributed by atoms with Crippen LogP contribution in [0.2, 0.25) is 0 Å². The van der Waals surface area contributed by atoms with Gasteiger partial charge in [-0.15, -0.1) is 0 Å². The smallest absolute Gasteiger partial charge is 0.240 e. The molecule has 0 saturated carbocycles. The first-order chi connectivity index (χ1) is 10.1. The van der Waals surface area contributed by atoms with E-state index in [1.807, 2.05) is 6.07 Å². The standard InChI is InChI=1S/C15H19N3O2S/c16-11-12-4-3-5-13(10-12)21(19,20)17-14-7-9-18-8-2-1-6-15(14)18/h3-5,10,14-15,17H,1-2,6-9H2/t14-,15+/m1/s1. The van der Waals surface area contributed by atoms with E-state index in [0.717, 1.165) is 25.9 Å². The number of piperidine rings is 1. The number of nitriles is 1. The van der Waals surface area contributed by atoms with Crippen LogP contribution in [0.25, 0.3) is 0 Å². The molecule has 21 heavy (non-hydrogen) atoms. The predicted octanol–water partition coefficient (Wildman–Crippen LogP) is 1.46. The molecule has 2 fully saturated rings. The van der Waals surface area contributed by atoms with Gasteiger partial charge in [-0.05, 0) is 44.0 Å². The molecule has 1 aromatic rings. The number of hydrogen-bond donors (Lipinski definition) is 1. The van der Waals surface area contributed by atoms with Crippen LogP contribution in [0.4, 0.5) is 0 Å². The summed E-state index contributed by atoms with van der Waals surface area (Å²) in [6, 6.07) is 8.47. The molecule has 6 heteroatoms. The molecule has 2 aliphatic heterocycles. The van der Waals surface area contributed by atoms with E-state index < -0.39 is 10.0 Å². The van der Waals surface area contributed by atoms with Gasteiger partial charge in [-0.25, -0.2) is 13.1 Å². The molecule has 1 N–H and O–H groups in total. The average molecular weight is 305 g/mol. The lowest BCUT2D eigenvalue weighted by Crippen LogP contribution is -2.46. The fourth-order valence-corrected chi connectivity index (χ4v) is 4.73. The van der Waals surface area contributed by atoms with Crippen LogP contribution < -0.4 is 4.72 Å². The van der Waals surface area contributed by atoms with Gasteiger partial charge in [0, 0.05) is 18.6 Å². The topological polar surface area (TPSA) is 73.2 Å². The summed E-state index contributed by atoms with van der Waals surface area (Å²) in [6.45, 7) is 2.04. The van der Waals surface area contributed by atoms with Gasteiger partial charge in [0.25, 0.3) is 0 Å². The highest BCUT2D eigenvalue weighted by molar-refractivity contribution is 7.89. The summed E-state index contributed by atoms with van der Waals surface area (Å²) in [5, 5.41) is 8.89. The van der Waals surface area contributed by atoms with E-state index in [4.69, 9.17) is 5.26 Å². The highest BCUT2D eigenvalue weighted by Crippen LogP contribution is 2.28. The van der Waals surface area contributed by atoms with Gasteiger partial charge >= 0.3 is 0 Å². The van der Waals surface area contributed by atoms with Crippen LogP contribution in [0.1, 0.15) is 31.2 Å². The molecule has 112 valence electrons. The van der Waals surface area contributed by atoms with Crippen LogP contribution >= 0.6 is 0 Å². The minimum atomic E-state index is -3.55. The highest BCUT2D eigenvalue weighted by Gasteiger charge is 2.37. The number of nitrogens with zero attached hydrogens (tertiary/aromatic N) is 2. The maximum atomic E-state index is 12.5. The van der Waals surface area contributed by atoms with Gasteiger partial charge in [-0.2, -0.15) is 5.26 Å². The zero-order valence-corrected chi connectivity index (χ0v) is 12.6. The first kappa shape index (κ1) is 14.5. The lowest BCUT2D eigenvalue weighted by atomic mass is 10.00. The minimum absolute atomic E-state index is 0.0129. The fourth-order valence-electron chi connectivity index (χ4n) is 3.38. The van der Waals surface area contributed by atoms with Crippen molar-refractivity contribution in [2.45, 2.75) is 42.7 Å². The van der Waals surface area contributed by atoms with E-state index in [1.165, 1.54) is 25.0 Å². The number of rotatable bonds is 3. The summed E-state index contributed by atoms with van der Waals surface area (Å²) in [6.07, 6.45) is 4.30. The third-order valence-corrected chi connectivity index (χ3v) is 5.92. The number of nitrogens with one attached hydrogen (secondary N) is 1. The first-order valence-electron chi connectivity index (χ1n) is 7.37. The van der Waals surface area contributed by atoms with Crippen molar-refractivity contribution in [2.24, 2.45) is 0 Å². The van der Waals surface area contributed by atoms with Gasteiger partial charge in [0.05, 0.1) is 16.5 Å². The van der Waals surface area contributed by atoms with Crippen LogP contribution in [-0.2, 0) is 10.0 Å². The van der Waals surface area contributed by atoms with E-state index in [0.29, 0.717) is 11.6 Å². The molecule has 5 nitrogen and oxygen atoms in total. The maximum absolute atomic E-state index is 12.5. The number of sulfonamides is 1. The molecule has 2 atom stereocenters. The summed E-state index contributed by atoms with van der Waals surface area (Å²) >= 11 is 0. The molecular weight excluding hydrogens is 286 g/mol. The van der Waals surface area contributed by atoms with E-state index in [-0.39, 0.29) is 10.9 Å². The SMILES string of the molecule is N#Cc1cccc(S(=O)(=O)N[C@@H]2CCN3CCCC[C@@H]23)c1. The monoisotopic (exact) mass is 305 g/mol. The van der Waals surface area contributed by atoms with Gasteiger partial charge in [-0.1, -0.05) is 12.5 Å². The number of fused-ring (bicyclic) bond motifs is 1. The molecule has 3 rings (SSSR count). The normalized spacial score (nSPS) is 26.2. The lowest BCUT2D eigenvalue weighted by molar-refractivity contribution is 0.186. The van der Waals surface area contributed by atoms with Crippen LogP contribution in [0.5, 0.6) is 0 Å². The van der Waals surface area contributed by atoms with E-state index in [1.54, 1.807) is 12.1 Å². The van der Waals surface area contributed by atoms with Crippen molar-refractivity contribution >= 4 is 10.0 Å². The zero-order valence-electron chi connectivity index (χ0n) is 11.8. The second kappa shape index (κ2) is 5.76. The second-order valence-corrected chi connectivity index (χ2v) is 7.47. The molecule has 0 radical (unpaired) electrons. The first-order valence-corrected chi connectivity index (χ1v) is 8.85. The predicted molar refractivity (Wildman–Crippen MR) is 79.1 cm³/mol. The Kier molecular flexibility index (Phi) is 3.98. The van der Waals surface area contributed by atoms with Gasteiger partial charge in [-0.3, -0.25) is 4.90 Å². The lowest BCUT2D eigenvalue weighted by Gasteiger charge is -2.32. The van der Waals surface area contributed by atoms with Gasteiger partial charge < -0.3 is 0 Å². The van der Waals surface area contributed by atoms with Crippen molar-refractivity contribution < 1.29 is 8.42 Å². The van der Waals surface area contributed by atoms with Crippen molar-refractivity contribution in [2.75, 3.05) is 13.1 Å². The van der Waals surface area contributed by atoms with E-state index in [2.05, 4.69) is 9.62 Å². The number of hydrogen-bond acceptors (Lipinski definition) is 4. The number of benzene rings is 1. The molecule has 0 unspecified atom stereocenters. The van der Waals surface area contributed by atoms with Gasteiger partial charge in [0.15, 0.2) is 0 Å². The largest absolute Gasteiger partial charge is 0.299 e. The third kappa shape index (κ3) is 2.95. The molecular formula is C15H19N3O2S. The molecule has 0 spiro atoms. The molecule has 0 aliphatic carbocycles. The quantitative estimate of drug-likeness (QED) is 0.917. The highest BCUT2D eigenvalue weighted by atomic mass is 32.2. The zero-order chi connectivity index (χ0) is 14.9. The van der Waals surface area contributed by atoms with Crippen molar-refractivity contribution in [3.8, 4) is 6.07 Å². The Balaban J connectivity index is 1.78. The van der Waals surface area contributed by atoms with Crippen molar-refractivity contribution in [1.82, 2.24) is 9.62 Å². The summed E-state index contributed by atoms with van der Waals surface area (Å²) in [5.74, 6) is 0. The summed E-state index contributed by atoms with van der Waals surface area (Å²) in [4.78, 5) is 2.57.